The Labute approximate surface area is 155 Å². The van der Waals surface area contributed by atoms with Gasteiger partial charge in [-0.25, -0.2) is 0 Å². The molecule has 0 saturated carbocycles. The molecule has 0 aliphatic heterocycles. The molecule has 0 fully saturated rings. The minimum atomic E-state index is -4.40. The van der Waals surface area contributed by atoms with Crippen molar-refractivity contribution in [2.45, 2.75) is 26.6 Å². The van der Waals surface area contributed by atoms with Gasteiger partial charge >= 0.3 is 6.18 Å². The van der Waals surface area contributed by atoms with Gasteiger partial charge in [-0.05, 0) is 54.3 Å². The Morgan fingerprint density at radius 3 is 2.37 bits per heavy atom. The lowest BCUT2D eigenvalue weighted by Crippen LogP contribution is -2.19. The van der Waals surface area contributed by atoms with E-state index in [4.69, 9.17) is 0 Å². The number of alkyl halides is 3. The molecule has 2 N–H and O–H groups in total. The Kier molecular flexibility index (Phi) is 6.23. The van der Waals surface area contributed by atoms with E-state index in [0.717, 1.165) is 17.7 Å². The van der Waals surface area contributed by atoms with Gasteiger partial charge in [-0.15, -0.1) is 0 Å². The number of benzene rings is 2. The maximum Gasteiger partial charge on any atom is 0.416 e. The van der Waals surface area contributed by atoms with Crippen LogP contribution in [0.15, 0.2) is 55.1 Å². The Hall–Kier alpha value is -2.86. The molecule has 0 aromatic heterocycles. The lowest BCUT2D eigenvalue weighted by molar-refractivity contribution is -0.137. The van der Waals surface area contributed by atoms with Gasteiger partial charge in [-0.3, -0.25) is 4.79 Å². The molecule has 1 amide bonds. The standard InChI is InChI=1S/C21H20F3NO2/c1-13-4-5-16(12-26)11-19(13)15(3)25-20(27)10-14(2)17-6-8-18(9-7-17)21(22,23)24/h4-11,26H,3,12H2,1-2H3,(H,25,27)/b14-10+. The first-order valence-electron chi connectivity index (χ1n) is 8.18. The van der Waals surface area contributed by atoms with E-state index in [9.17, 15) is 23.1 Å². The van der Waals surface area contributed by atoms with Crippen molar-refractivity contribution >= 4 is 17.2 Å². The van der Waals surface area contributed by atoms with Crippen LogP contribution in [0, 0.1) is 6.92 Å². The van der Waals surface area contributed by atoms with E-state index in [1.165, 1.54) is 18.2 Å². The second-order valence-corrected chi connectivity index (χ2v) is 6.18. The summed E-state index contributed by atoms with van der Waals surface area (Å²) in [4.78, 5) is 12.2. The molecule has 0 bridgehead atoms. The normalized spacial score (nSPS) is 12.0. The summed E-state index contributed by atoms with van der Waals surface area (Å²) in [5.41, 5.74) is 2.97. The van der Waals surface area contributed by atoms with Gasteiger partial charge in [0.2, 0.25) is 5.91 Å². The van der Waals surface area contributed by atoms with Crippen LogP contribution >= 0.6 is 0 Å². The molecule has 6 heteroatoms. The van der Waals surface area contributed by atoms with Crippen LogP contribution in [0.2, 0.25) is 0 Å². The van der Waals surface area contributed by atoms with Crippen LogP contribution in [0.1, 0.15) is 34.7 Å². The zero-order valence-corrected chi connectivity index (χ0v) is 15.0. The molecular formula is C21H20F3NO2. The molecule has 27 heavy (non-hydrogen) atoms. The first-order valence-corrected chi connectivity index (χ1v) is 8.18. The third-order valence-electron chi connectivity index (χ3n) is 4.10. The smallest absolute Gasteiger partial charge is 0.392 e. The summed E-state index contributed by atoms with van der Waals surface area (Å²) in [6, 6.07) is 9.95. The molecule has 0 spiro atoms. The van der Waals surface area contributed by atoms with Gasteiger partial charge in [0, 0.05) is 17.3 Å². The van der Waals surface area contributed by atoms with Gasteiger partial charge < -0.3 is 10.4 Å². The van der Waals surface area contributed by atoms with E-state index in [1.807, 2.05) is 13.0 Å². The highest BCUT2D eigenvalue weighted by atomic mass is 19.4. The van der Waals surface area contributed by atoms with Crippen LogP contribution in [0.3, 0.4) is 0 Å². The van der Waals surface area contributed by atoms with Crippen molar-refractivity contribution in [3.8, 4) is 0 Å². The molecular weight excluding hydrogens is 355 g/mol. The quantitative estimate of drug-likeness (QED) is 0.745. The molecule has 0 saturated heterocycles. The highest BCUT2D eigenvalue weighted by Gasteiger charge is 2.29. The molecule has 0 aliphatic rings. The number of carbonyl (C=O) groups is 1. The number of nitrogens with one attached hydrogen (secondary N) is 1. The Morgan fingerprint density at radius 2 is 1.81 bits per heavy atom. The number of hydrogen-bond donors (Lipinski definition) is 2. The summed E-state index contributed by atoms with van der Waals surface area (Å²) in [6.45, 7) is 7.23. The second-order valence-electron chi connectivity index (χ2n) is 6.18. The number of hydrogen-bond acceptors (Lipinski definition) is 2. The molecule has 0 radical (unpaired) electrons. The van der Waals surface area contributed by atoms with Crippen LogP contribution in [-0.4, -0.2) is 11.0 Å². The summed E-state index contributed by atoms with van der Waals surface area (Å²) in [6.07, 6.45) is -3.09. The lowest BCUT2D eigenvalue weighted by atomic mass is 10.0. The maximum atomic E-state index is 12.6. The first-order chi connectivity index (χ1) is 12.6. The van der Waals surface area contributed by atoms with Gasteiger partial charge in [-0.1, -0.05) is 30.8 Å². The highest BCUT2D eigenvalue weighted by molar-refractivity contribution is 5.99. The van der Waals surface area contributed by atoms with E-state index in [2.05, 4.69) is 11.9 Å². The third kappa shape index (κ3) is 5.31. The van der Waals surface area contributed by atoms with E-state index in [0.29, 0.717) is 28.0 Å². The monoisotopic (exact) mass is 375 g/mol. The Bertz CT molecular complexity index is 881. The SMILES string of the molecule is C=C(NC(=O)/C=C(\C)c1ccc(C(F)(F)F)cc1)c1cc(CO)ccc1C. The summed E-state index contributed by atoms with van der Waals surface area (Å²) >= 11 is 0. The third-order valence-corrected chi connectivity index (χ3v) is 4.10. The van der Waals surface area contributed by atoms with Crippen molar-refractivity contribution in [2.24, 2.45) is 0 Å². The number of carbonyl (C=O) groups excluding carboxylic acids is 1. The topological polar surface area (TPSA) is 49.3 Å². The first kappa shape index (κ1) is 20.5. The molecule has 3 nitrogen and oxygen atoms in total. The largest absolute Gasteiger partial charge is 0.416 e. The van der Waals surface area contributed by atoms with E-state index >= 15 is 0 Å². The molecule has 0 atom stereocenters. The molecule has 142 valence electrons. The summed E-state index contributed by atoms with van der Waals surface area (Å²) in [5.74, 6) is -0.439. The zero-order chi connectivity index (χ0) is 20.2. The molecule has 0 unspecified atom stereocenters. The van der Waals surface area contributed by atoms with Crippen LogP contribution in [0.4, 0.5) is 13.2 Å². The number of amides is 1. The van der Waals surface area contributed by atoms with Crippen LogP contribution in [0.5, 0.6) is 0 Å². The number of aliphatic hydroxyl groups is 1. The van der Waals surface area contributed by atoms with Crippen molar-refractivity contribution in [3.63, 3.8) is 0 Å². The van der Waals surface area contributed by atoms with E-state index < -0.39 is 17.6 Å². The molecule has 2 aromatic rings. The average Bonchev–Trinajstić information content (AvgIpc) is 2.61. The fraction of sp³-hybridized carbons (Fsp3) is 0.190. The van der Waals surface area contributed by atoms with Gasteiger partial charge in [0.15, 0.2) is 0 Å². The summed E-state index contributed by atoms with van der Waals surface area (Å²) in [5, 5.41) is 11.9. The fourth-order valence-corrected chi connectivity index (χ4v) is 2.55. The van der Waals surface area contributed by atoms with Crippen molar-refractivity contribution in [1.82, 2.24) is 5.32 Å². The van der Waals surface area contributed by atoms with Crippen LogP contribution in [0.25, 0.3) is 11.3 Å². The predicted molar refractivity (Wildman–Crippen MR) is 99.4 cm³/mol. The van der Waals surface area contributed by atoms with Crippen LogP contribution < -0.4 is 5.32 Å². The maximum absolute atomic E-state index is 12.6. The number of aliphatic hydroxyl groups excluding tert-OH is 1. The Balaban J connectivity index is 2.13. The lowest BCUT2D eigenvalue weighted by Gasteiger charge is -2.12. The van der Waals surface area contributed by atoms with Gasteiger partial charge in [-0.2, -0.15) is 13.2 Å². The number of allylic oxidation sites excluding steroid dienone is 1. The molecule has 0 aliphatic carbocycles. The second kappa shape index (κ2) is 8.22. The van der Waals surface area contributed by atoms with E-state index in [1.54, 1.807) is 19.1 Å². The minimum absolute atomic E-state index is 0.124. The number of aryl methyl sites for hydroxylation is 1. The average molecular weight is 375 g/mol. The molecule has 0 heterocycles. The minimum Gasteiger partial charge on any atom is -0.392 e. The molecule has 2 aromatic carbocycles. The summed E-state index contributed by atoms with van der Waals surface area (Å²) < 4.78 is 37.9. The molecule has 2 rings (SSSR count). The Morgan fingerprint density at radius 1 is 1.19 bits per heavy atom. The van der Waals surface area contributed by atoms with Gasteiger partial charge in [0.05, 0.1) is 12.2 Å². The van der Waals surface area contributed by atoms with Crippen molar-refractivity contribution in [3.05, 3.63) is 82.9 Å². The van der Waals surface area contributed by atoms with Crippen molar-refractivity contribution < 1.29 is 23.1 Å². The fourth-order valence-electron chi connectivity index (χ4n) is 2.55. The predicted octanol–water partition coefficient (Wildman–Crippen LogP) is 4.70. The van der Waals surface area contributed by atoms with Gasteiger partial charge in [0.1, 0.15) is 0 Å². The highest BCUT2D eigenvalue weighted by Crippen LogP contribution is 2.30. The van der Waals surface area contributed by atoms with Crippen molar-refractivity contribution in [2.75, 3.05) is 0 Å². The zero-order valence-electron chi connectivity index (χ0n) is 15.0. The van der Waals surface area contributed by atoms with Crippen molar-refractivity contribution in [1.29, 1.82) is 0 Å². The number of rotatable bonds is 5. The van der Waals surface area contributed by atoms with E-state index in [-0.39, 0.29) is 6.61 Å². The number of halogens is 3. The summed E-state index contributed by atoms with van der Waals surface area (Å²) in [7, 11) is 0. The van der Waals surface area contributed by atoms with Crippen LogP contribution in [-0.2, 0) is 17.6 Å². The van der Waals surface area contributed by atoms with Gasteiger partial charge in [0.25, 0.3) is 0 Å².